The van der Waals surface area contributed by atoms with Crippen LogP contribution in [0.5, 0.6) is 0 Å². The van der Waals surface area contributed by atoms with E-state index in [1.807, 2.05) is 30.3 Å². The third-order valence-electron chi connectivity index (χ3n) is 3.50. The van der Waals surface area contributed by atoms with Gasteiger partial charge in [-0.3, -0.25) is 4.79 Å². The van der Waals surface area contributed by atoms with Crippen molar-refractivity contribution in [2.45, 2.75) is 13.0 Å². The molecule has 1 heterocycles. The van der Waals surface area contributed by atoms with Gasteiger partial charge in [-0.25, -0.2) is 14.2 Å². The van der Waals surface area contributed by atoms with Gasteiger partial charge in [-0.1, -0.05) is 30.3 Å². The molecule has 0 fully saturated rings. The van der Waals surface area contributed by atoms with Gasteiger partial charge in [-0.05, 0) is 31.2 Å². The zero-order chi connectivity index (χ0) is 18.5. The van der Waals surface area contributed by atoms with Crippen LogP contribution in [0.25, 0.3) is 10.6 Å². The molecule has 3 aromatic rings. The van der Waals surface area contributed by atoms with Gasteiger partial charge in [0.25, 0.3) is 5.91 Å². The Hall–Kier alpha value is -3.06. The van der Waals surface area contributed by atoms with E-state index < -0.39 is 23.8 Å². The maximum atomic E-state index is 12.9. The molecule has 26 heavy (non-hydrogen) atoms. The second-order valence-corrected chi connectivity index (χ2v) is 6.31. The molecule has 0 saturated carbocycles. The average Bonchev–Trinajstić information content (AvgIpc) is 3.14. The smallest absolute Gasteiger partial charge is 0.358 e. The fourth-order valence-corrected chi connectivity index (χ4v) is 2.93. The number of hydrogen-bond acceptors (Lipinski definition) is 5. The topological polar surface area (TPSA) is 68.3 Å². The van der Waals surface area contributed by atoms with Crippen molar-refractivity contribution < 1.29 is 18.7 Å². The number of carbonyl (C=O) groups is 2. The van der Waals surface area contributed by atoms with Gasteiger partial charge in [-0.2, -0.15) is 0 Å². The molecule has 1 aromatic heterocycles. The van der Waals surface area contributed by atoms with Crippen LogP contribution in [0.4, 0.5) is 10.1 Å². The number of carbonyl (C=O) groups excluding carboxylic acids is 2. The minimum atomic E-state index is -1.02. The highest BCUT2D eigenvalue weighted by Gasteiger charge is 2.21. The van der Waals surface area contributed by atoms with E-state index in [0.29, 0.717) is 10.7 Å². The maximum Gasteiger partial charge on any atom is 0.358 e. The molecule has 7 heteroatoms. The first-order valence-corrected chi connectivity index (χ1v) is 8.69. The zero-order valence-electron chi connectivity index (χ0n) is 13.8. The molecular formula is C19H15FN2O3S. The third-order valence-corrected chi connectivity index (χ3v) is 4.39. The summed E-state index contributed by atoms with van der Waals surface area (Å²) in [5.41, 5.74) is 1.47. The molecule has 0 spiro atoms. The molecule has 0 saturated heterocycles. The van der Waals surface area contributed by atoms with Crippen LogP contribution in [0.15, 0.2) is 60.0 Å². The molecule has 0 aliphatic carbocycles. The quantitative estimate of drug-likeness (QED) is 0.686. The van der Waals surface area contributed by atoms with E-state index in [1.165, 1.54) is 42.5 Å². The van der Waals surface area contributed by atoms with Gasteiger partial charge in [0.1, 0.15) is 10.8 Å². The van der Waals surface area contributed by atoms with Gasteiger partial charge in [0, 0.05) is 16.6 Å². The number of ether oxygens (including phenoxy) is 1. The fourth-order valence-electron chi connectivity index (χ4n) is 2.13. The Bertz CT molecular complexity index is 910. The molecule has 1 N–H and O–H groups in total. The van der Waals surface area contributed by atoms with Crippen LogP contribution in [0.1, 0.15) is 17.4 Å². The second kappa shape index (κ2) is 7.88. The summed E-state index contributed by atoms with van der Waals surface area (Å²) in [6.07, 6.45) is -1.02. The monoisotopic (exact) mass is 370 g/mol. The van der Waals surface area contributed by atoms with Crippen molar-refractivity contribution in [2.75, 3.05) is 5.32 Å². The Kier molecular flexibility index (Phi) is 5.38. The van der Waals surface area contributed by atoms with Crippen molar-refractivity contribution in [3.63, 3.8) is 0 Å². The van der Waals surface area contributed by atoms with Crippen molar-refractivity contribution in [1.29, 1.82) is 0 Å². The number of hydrogen-bond donors (Lipinski definition) is 1. The summed E-state index contributed by atoms with van der Waals surface area (Å²) in [5.74, 6) is -1.59. The first-order chi connectivity index (χ1) is 12.5. The highest BCUT2D eigenvalue weighted by Crippen LogP contribution is 2.23. The zero-order valence-corrected chi connectivity index (χ0v) is 14.6. The van der Waals surface area contributed by atoms with Crippen molar-refractivity contribution in [3.05, 3.63) is 71.5 Å². The summed E-state index contributed by atoms with van der Waals surface area (Å²) in [7, 11) is 0. The minimum absolute atomic E-state index is 0.148. The lowest BCUT2D eigenvalue weighted by Gasteiger charge is -2.12. The molecular weight excluding hydrogens is 355 g/mol. The van der Waals surface area contributed by atoms with Gasteiger partial charge < -0.3 is 10.1 Å². The molecule has 1 atom stereocenters. The Morgan fingerprint density at radius 2 is 1.81 bits per heavy atom. The highest BCUT2D eigenvalue weighted by atomic mass is 32.1. The molecule has 0 unspecified atom stereocenters. The number of thiazole rings is 1. The summed E-state index contributed by atoms with van der Waals surface area (Å²) >= 11 is 1.32. The molecule has 0 aliphatic rings. The van der Waals surface area contributed by atoms with E-state index >= 15 is 0 Å². The van der Waals surface area contributed by atoms with Crippen LogP contribution in [0, 0.1) is 5.82 Å². The van der Waals surface area contributed by atoms with Gasteiger partial charge in [0.05, 0.1) is 0 Å². The summed E-state index contributed by atoms with van der Waals surface area (Å²) in [6, 6.07) is 14.8. The Labute approximate surface area is 153 Å². The number of rotatable bonds is 5. The summed E-state index contributed by atoms with van der Waals surface area (Å²) < 4.78 is 18.0. The van der Waals surface area contributed by atoms with E-state index in [0.717, 1.165) is 5.56 Å². The molecule has 0 aliphatic heterocycles. The lowest BCUT2D eigenvalue weighted by molar-refractivity contribution is -0.123. The SMILES string of the molecule is C[C@H](OC(=O)c1csc(-c2ccccc2)n1)C(=O)Nc1ccc(F)cc1. The third kappa shape index (κ3) is 4.31. The predicted octanol–water partition coefficient (Wildman–Crippen LogP) is 4.13. The maximum absolute atomic E-state index is 12.9. The Morgan fingerprint density at radius 1 is 1.12 bits per heavy atom. The molecule has 2 aromatic carbocycles. The van der Waals surface area contributed by atoms with E-state index in [9.17, 15) is 14.0 Å². The van der Waals surface area contributed by atoms with Gasteiger partial charge in [0.15, 0.2) is 11.8 Å². The number of esters is 1. The van der Waals surface area contributed by atoms with Crippen molar-refractivity contribution in [1.82, 2.24) is 4.98 Å². The van der Waals surface area contributed by atoms with E-state index in [1.54, 1.807) is 5.38 Å². The van der Waals surface area contributed by atoms with E-state index in [4.69, 9.17) is 4.74 Å². The predicted molar refractivity (Wildman–Crippen MR) is 97.5 cm³/mol. The van der Waals surface area contributed by atoms with Crippen molar-refractivity contribution in [2.24, 2.45) is 0 Å². The summed E-state index contributed by atoms with van der Waals surface area (Å²) in [5, 5.41) is 4.84. The number of halogens is 1. The number of amides is 1. The second-order valence-electron chi connectivity index (χ2n) is 5.45. The first-order valence-electron chi connectivity index (χ1n) is 7.81. The number of nitrogens with zero attached hydrogens (tertiary/aromatic N) is 1. The van der Waals surface area contributed by atoms with E-state index in [-0.39, 0.29) is 5.69 Å². The molecule has 132 valence electrons. The van der Waals surface area contributed by atoms with Gasteiger partial charge in [-0.15, -0.1) is 11.3 Å². The van der Waals surface area contributed by atoms with Crippen molar-refractivity contribution >= 4 is 28.9 Å². The number of anilines is 1. The van der Waals surface area contributed by atoms with Crippen LogP contribution in [-0.2, 0) is 9.53 Å². The molecule has 3 rings (SSSR count). The Balaban J connectivity index is 1.61. The molecule has 0 bridgehead atoms. The normalized spacial score (nSPS) is 11.6. The average molecular weight is 370 g/mol. The highest BCUT2D eigenvalue weighted by molar-refractivity contribution is 7.13. The van der Waals surface area contributed by atoms with Crippen LogP contribution < -0.4 is 5.32 Å². The summed E-state index contributed by atoms with van der Waals surface area (Å²) in [4.78, 5) is 28.5. The van der Waals surface area contributed by atoms with Crippen LogP contribution >= 0.6 is 11.3 Å². The number of nitrogens with one attached hydrogen (secondary N) is 1. The van der Waals surface area contributed by atoms with Crippen LogP contribution in [0.3, 0.4) is 0 Å². The summed E-state index contributed by atoms with van der Waals surface area (Å²) in [6.45, 7) is 1.46. The lowest BCUT2D eigenvalue weighted by atomic mass is 10.2. The first kappa shape index (κ1) is 17.8. The van der Waals surface area contributed by atoms with Crippen LogP contribution in [-0.4, -0.2) is 23.0 Å². The largest absolute Gasteiger partial charge is 0.448 e. The fraction of sp³-hybridized carbons (Fsp3) is 0.105. The van der Waals surface area contributed by atoms with Gasteiger partial charge in [0.2, 0.25) is 0 Å². The van der Waals surface area contributed by atoms with E-state index in [2.05, 4.69) is 10.3 Å². The standard InChI is InChI=1S/C19H15FN2O3S/c1-12(17(23)21-15-9-7-14(20)8-10-15)25-19(24)16-11-26-18(22-16)13-5-3-2-4-6-13/h2-12H,1H3,(H,21,23)/t12-/m0/s1. The van der Waals surface area contributed by atoms with Crippen molar-refractivity contribution in [3.8, 4) is 10.6 Å². The molecule has 1 amide bonds. The lowest BCUT2D eigenvalue weighted by Crippen LogP contribution is -2.30. The molecule has 0 radical (unpaired) electrons. The Morgan fingerprint density at radius 3 is 2.50 bits per heavy atom. The minimum Gasteiger partial charge on any atom is -0.448 e. The molecule has 5 nitrogen and oxygen atoms in total. The number of benzene rings is 2. The van der Waals surface area contributed by atoms with Crippen LogP contribution in [0.2, 0.25) is 0 Å². The van der Waals surface area contributed by atoms with Gasteiger partial charge >= 0.3 is 5.97 Å². The number of aromatic nitrogens is 1.